The Balaban J connectivity index is 1.33. The molecule has 1 amide bonds. The zero-order valence-corrected chi connectivity index (χ0v) is 16.3. The standard InChI is InChI=1S/C22H26N4O2/c1-15-8-10-23-12-17(15)6-7-20(27)26-13-18-3-2-9-22(18,14-26)21-24-19(25-28-21)11-16-4-5-16/h6-8,10,12,16,18H,2-5,9,11,13-14H2,1H3/b7-6+/t18-,22-/m1/s1. The van der Waals surface area contributed by atoms with Crippen molar-refractivity contribution in [1.82, 2.24) is 20.0 Å². The molecule has 2 aromatic rings. The second kappa shape index (κ2) is 6.83. The number of hydrogen-bond donors (Lipinski definition) is 0. The van der Waals surface area contributed by atoms with Gasteiger partial charge in [0.25, 0.3) is 0 Å². The Kier molecular flexibility index (Phi) is 4.29. The third-order valence-corrected chi connectivity index (χ3v) is 6.73. The molecule has 0 aromatic carbocycles. The van der Waals surface area contributed by atoms with Crippen molar-refractivity contribution in [2.45, 2.75) is 50.9 Å². The van der Waals surface area contributed by atoms with E-state index in [0.29, 0.717) is 12.5 Å². The number of fused-ring (bicyclic) bond motifs is 1. The van der Waals surface area contributed by atoms with E-state index < -0.39 is 0 Å². The minimum atomic E-state index is -0.150. The van der Waals surface area contributed by atoms with Crippen LogP contribution in [-0.2, 0) is 16.6 Å². The molecule has 3 aliphatic rings. The van der Waals surface area contributed by atoms with Crippen molar-refractivity contribution in [2.24, 2.45) is 11.8 Å². The molecule has 0 radical (unpaired) electrons. The maximum absolute atomic E-state index is 12.8. The maximum Gasteiger partial charge on any atom is 0.246 e. The molecule has 0 bridgehead atoms. The second-order valence-corrected chi connectivity index (χ2v) is 8.69. The molecule has 3 heterocycles. The largest absolute Gasteiger partial charge is 0.339 e. The van der Waals surface area contributed by atoms with Crippen LogP contribution in [0.15, 0.2) is 29.1 Å². The normalized spacial score (nSPS) is 26.9. The van der Waals surface area contributed by atoms with E-state index in [1.54, 1.807) is 18.5 Å². The van der Waals surface area contributed by atoms with Gasteiger partial charge in [0, 0.05) is 38.0 Å². The molecule has 2 aliphatic carbocycles. The van der Waals surface area contributed by atoms with Crippen LogP contribution in [0.4, 0.5) is 0 Å². The average molecular weight is 378 g/mol. The van der Waals surface area contributed by atoms with Gasteiger partial charge in [0.15, 0.2) is 5.82 Å². The third-order valence-electron chi connectivity index (χ3n) is 6.73. The number of amides is 1. The molecule has 1 aliphatic heterocycles. The molecule has 2 saturated carbocycles. The molecular weight excluding hydrogens is 352 g/mol. The van der Waals surface area contributed by atoms with Gasteiger partial charge >= 0.3 is 0 Å². The molecular formula is C22H26N4O2. The lowest BCUT2D eigenvalue weighted by atomic mass is 9.80. The fraction of sp³-hybridized carbons (Fsp3) is 0.545. The molecule has 2 atom stereocenters. The first-order valence-corrected chi connectivity index (χ1v) is 10.3. The molecule has 3 fully saturated rings. The van der Waals surface area contributed by atoms with Gasteiger partial charge in [-0.3, -0.25) is 9.78 Å². The summed E-state index contributed by atoms with van der Waals surface area (Å²) in [6.45, 7) is 3.48. The Bertz CT molecular complexity index is 917. The molecule has 28 heavy (non-hydrogen) atoms. The van der Waals surface area contributed by atoms with E-state index >= 15 is 0 Å². The molecule has 146 valence electrons. The lowest BCUT2D eigenvalue weighted by molar-refractivity contribution is -0.125. The van der Waals surface area contributed by atoms with Crippen molar-refractivity contribution in [3.63, 3.8) is 0 Å². The van der Waals surface area contributed by atoms with Gasteiger partial charge in [-0.05, 0) is 67.7 Å². The highest BCUT2D eigenvalue weighted by atomic mass is 16.5. The predicted molar refractivity (Wildman–Crippen MR) is 104 cm³/mol. The summed E-state index contributed by atoms with van der Waals surface area (Å²) in [6.07, 6.45) is 13.9. The molecule has 6 heteroatoms. The summed E-state index contributed by atoms with van der Waals surface area (Å²) in [5.41, 5.74) is 1.94. The third kappa shape index (κ3) is 3.15. The van der Waals surface area contributed by atoms with Crippen LogP contribution >= 0.6 is 0 Å². The molecule has 5 rings (SSSR count). The number of nitrogens with zero attached hydrogens (tertiary/aromatic N) is 4. The fourth-order valence-corrected chi connectivity index (χ4v) is 4.84. The number of likely N-dealkylation sites (tertiary alicyclic amines) is 1. The first-order chi connectivity index (χ1) is 13.6. The van der Waals surface area contributed by atoms with Crippen molar-refractivity contribution in [2.75, 3.05) is 13.1 Å². The molecule has 2 aromatic heterocycles. The highest BCUT2D eigenvalue weighted by molar-refractivity contribution is 5.92. The van der Waals surface area contributed by atoms with Crippen LogP contribution in [0.2, 0.25) is 0 Å². The van der Waals surface area contributed by atoms with E-state index in [2.05, 4.69) is 10.1 Å². The monoisotopic (exact) mass is 378 g/mol. The molecule has 1 saturated heterocycles. The zero-order chi connectivity index (χ0) is 19.1. The first kappa shape index (κ1) is 17.6. The Morgan fingerprint density at radius 1 is 1.39 bits per heavy atom. The minimum absolute atomic E-state index is 0.0507. The van der Waals surface area contributed by atoms with Crippen LogP contribution < -0.4 is 0 Å². The lowest BCUT2D eigenvalue weighted by Gasteiger charge is -2.23. The summed E-state index contributed by atoms with van der Waals surface area (Å²) < 4.78 is 5.73. The van der Waals surface area contributed by atoms with Crippen molar-refractivity contribution in [3.05, 3.63) is 47.4 Å². The number of aryl methyl sites for hydroxylation is 1. The topological polar surface area (TPSA) is 72.1 Å². The SMILES string of the molecule is Cc1ccncc1/C=C/C(=O)N1C[C@H]2CCC[C@@]2(c2nc(CC3CC3)no2)C1. The van der Waals surface area contributed by atoms with Crippen LogP contribution in [0.1, 0.15) is 54.9 Å². The Labute approximate surface area is 165 Å². The van der Waals surface area contributed by atoms with E-state index in [4.69, 9.17) is 9.51 Å². The Morgan fingerprint density at radius 2 is 2.29 bits per heavy atom. The number of aromatic nitrogens is 3. The highest BCUT2D eigenvalue weighted by Gasteiger charge is 2.55. The number of pyridine rings is 1. The number of carbonyl (C=O) groups is 1. The van der Waals surface area contributed by atoms with E-state index in [9.17, 15) is 4.79 Å². The van der Waals surface area contributed by atoms with Gasteiger partial charge in [-0.2, -0.15) is 4.98 Å². The van der Waals surface area contributed by atoms with Gasteiger partial charge < -0.3 is 9.42 Å². The van der Waals surface area contributed by atoms with Crippen LogP contribution in [0.5, 0.6) is 0 Å². The first-order valence-electron chi connectivity index (χ1n) is 10.3. The predicted octanol–water partition coefficient (Wildman–Crippen LogP) is 3.32. The summed E-state index contributed by atoms with van der Waals surface area (Å²) in [4.78, 5) is 23.7. The van der Waals surface area contributed by atoms with Crippen LogP contribution in [0.3, 0.4) is 0 Å². The zero-order valence-electron chi connectivity index (χ0n) is 16.3. The van der Waals surface area contributed by atoms with E-state index in [1.165, 1.54) is 12.8 Å². The number of carbonyl (C=O) groups excluding carboxylic acids is 1. The van der Waals surface area contributed by atoms with Crippen molar-refractivity contribution in [3.8, 4) is 0 Å². The lowest BCUT2D eigenvalue weighted by Crippen LogP contribution is -2.34. The fourth-order valence-electron chi connectivity index (χ4n) is 4.84. The molecule has 0 unspecified atom stereocenters. The number of rotatable bonds is 5. The number of hydrogen-bond acceptors (Lipinski definition) is 5. The Hall–Kier alpha value is -2.50. The summed E-state index contributed by atoms with van der Waals surface area (Å²) in [6, 6.07) is 1.95. The summed E-state index contributed by atoms with van der Waals surface area (Å²) in [7, 11) is 0. The quantitative estimate of drug-likeness (QED) is 0.747. The van der Waals surface area contributed by atoms with E-state index in [-0.39, 0.29) is 11.3 Å². The summed E-state index contributed by atoms with van der Waals surface area (Å²) in [5, 5.41) is 4.24. The van der Waals surface area contributed by atoms with Crippen molar-refractivity contribution < 1.29 is 9.32 Å². The highest BCUT2D eigenvalue weighted by Crippen LogP contribution is 2.50. The van der Waals surface area contributed by atoms with Crippen molar-refractivity contribution in [1.29, 1.82) is 0 Å². The van der Waals surface area contributed by atoms with Gasteiger partial charge in [-0.15, -0.1) is 0 Å². The van der Waals surface area contributed by atoms with Gasteiger partial charge in [-0.25, -0.2) is 0 Å². The average Bonchev–Trinajstić information content (AvgIpc) is 3.06. The van der Waals surface area contributed by atoms with E-state index in [1.807, 2.05) is 24.0 Å². The van der Waals surface area contributed by atoms with Gasteiger partial charge in [-0.1, -0.05) is 11.6 Å². The van der Waals surface area contributed by atoms with Crippen LogP contribution in [0, 0.1) is 18.8 Å². The summed E-state index contributed by atoms with van der Waals surface area (Å²) in [5.74, 6) is 2.81. The van der Waals surface area contributed by atoms with Gasteiger partial charge in [0.2, 0.25) is 11.8 Å². The molecule has 0 N–H and O–H groups in total. The minimum Gasteiger partial charge on any atom is -0.339 e. The summed E-state index contributed by atoms with van der Waals surface area (Å²) >= 11 is 0. The smallest absolute Gasteiger partial charge is 0.246 e. The van der Waals surface area contributed by atoms with Crippen LogP contribution in [-0.4, -0.2) is 39.0 Å². The van der Waals surface area contributed by atoms with Gasteiger partial charge in [0.05, 0.1) is 5.41 Å². The maximum atomic E-state index is 12.8. The van der Waals surface area contributed by atoms with E-state index in [0.717, 1.165) is 61.0 Å². The molecule has 6 nitrogen and oxygen atoms in total. The Morgan fingerprint density at radius 3 is 3.11 bits per heavy atom. The van der Waals surface area contributed by atoms with Crippen LogP contribution in [0.25, 0.3) is 6.08 Å². The molecule has 0 spiro atoms. The second-order valence-electron chi connectivity index (χ2n) is 8.69. The van der Waals surface area contributed by atoms with Crippen molar-refractivity contribution >= 4 is 12.0 Å². The van der Waals surface area contributed by atoms with Gasteiger partial charge in [0.1, 0.15) is 0 Å².